The van der Waals surface area contributed by atoms with Crippen LogP contribution in [0, 0.1) is 11.8 Å². The summed E-state index contributed by atoms with van der Waals surface area (Å²) in [4.78, 5) is 22.9. The summed E-state index contributed by atoms with van der Waals surface area (Å²) < 4.78 is 24.3. The molecule has 0 aromatic heterocycles. The zero-order valence-electron chi connectivity index (χ0n) is 11.4. The average Bonchev–Trinajstić information content (AvgIpc) is 2.25. The number of rotatable bonds is 4. The molecule has 2 N–H and O–H groups in total. The second kappa shape index (κ2) is 5.69. The smallest absolute Gasteiger partial charge is 0.307 e. The Hall–Kier alpha value is -1.15. The van der Waals surface area contributed by atoms with Crippen molar-refractivity contribution < 1.29 is 23.1 Å². The van der Waals surface area contributed by atoms with Gasteiger partial charge in [0.2, 0.25) is 15.9 Å². The van der Waals surface area contributed by atoms with Gasteiger partial charge in [0.05, 0.1) is 18.1 Å². The van der Waals surface area contributed by atoms with Gasteiger partial charge in [-0.1, -0.05) is 0 Å². The number of piperidine rings is 1. The SMILES string of the molecule is CS(=O)(=O)N1CCCC(NC(=O)C2CCC2C(=O)O)C1. The van der Waals surface area contributed by atoms with Crippen molar-refractivity contribution in [1.82, 2.24) is 9.62 Å². The third-order valence-corrected chi connectivity index (χ3v) is 5.40. The van der Waals surface area contributed by atoms with Crippen LogP contribution in [0.25, 0.3) is 0 Å². The Kier molecular flexibility index (Phi) is 4.33. The van der Waals surface area contributed by atoms with E-state index in [1.165, 1.54) is 4.31 Å². The van der Waals surface area contributed by atoms with Gasteiger partial charge in [-0.15, -0.1) is 0 Å². The number of hydrogen-bond donors (Lipinski definition) is 2. The molecule has 1 aliphatic carbocycles. The van der Waals surface area contributed by atoms with E-state index < -0.39 is 27.8 Å². The van der Waals surface area contributed by atoms with Crippen LogP contribution in [0.2, 0.25) is 0 Å². The Balaban J connectivity index is 1.90. The summed E-state index contributed by atoms with van der Waals surface area (Å²) >= 11 is 0. The van der Waals surface area contributed by atoms with E-state index in [-0.39, 0.29) is 18.5 Å². The van der Waals surface area contributed by atoms with Gasteiger partial charge in [-0.25, -0.2) is 12.7 Å². The predicted octanol–water partition coefficient (Wildman–Crippen LogP) is -0.363. The lowest BCUT2D eigenvalue weighted by atomic mass is 9.73. The molecule has 20 heavy (non-hydrogen) atoms. The molecule has 1 heterocycles. The standard InChI is InChI=1S/C12H20N2O5S/c1-20(18,19)14-6-2-3-8(7-14)13-11(15)9-4-5-10(9)12(16)17/h8-10H,2-7H2,1H3,(H,13,15)(H,16,17). The highest BCUT2D eigenvalue weighted by Gasteiger charge is 2.42. The molecule has 2 fully saturated rings. The van der Waals surface area contributed by atoms with Gasteiger partial charge < -0.3 is 10.4 Å². The predicted molar refractivity (Wildman–Crippen MR) is 71.4 cm³/mol. The Bertz CT molecular complexity index is 504. The zero-order chi connectivity index (χ0) is 14.9. The van der Waals surface area contributed by atoms with Crippen LogP contribution in [0.3, 0.4) is 0 Å². The van der Waals surface area contributed by atoms with Gasteiger partial charge in [0.15, 0.2) is 0 Å². The van der Waals surface area contributed by atoms with Crippen LogP contribution in [-0.4, -0.2) is 55.1 Å². The molecule has 2 aliphatic rings. The summed E-state index contributed by atoms with van der Waals surface area (Å²) in [7, 11) is -3.24. The van der Waals surface area contributed by atoms with Crippen LogP contribution in [0.15, 0.2) is 0 Å². The lowest BCUT2D eigenvalue weighted by molar-refractivity contribution is -0.153. The summed E-state index contributed by atoms with van der Waals surface area (Å²) in [5.74, 6) is -2.26. The van der Waals surface area contributed by atoms with Crippen LogP contribution < -0.4 is 5.32 Å². The summed E-state index contributed by atoms with van der Waals surface area (Å²) in [6.45, 7) is 0.751. The van der Waals surface area contributed by atoms with Gasteiger partial charge in [-0.05, 0) is 25.7 Å². The molecule has 3 atom stereocenters. The largest absolute Gasteiger partial charge is 0.481 e. The van der Waals surface area contributed by atoms with Crippen LogP contribution in [0.1, 0.15) is 25.7 Å². The van der Waals surface area contributed by atoms with Gasteiger partial charge in [0.25, 0.3) is 0 Å². The van der Waals surface area contributed by atoms with E-state index in [1.54, 1.807) is 0 Å². The van der Waals surface area contributed by atoms with E-state index in [0.29, 0.717) is 25.8 Å². The molecule has 0 spiro atoms. The van der Waals surface area contributed by atoms with Gasteiger partial charge in [-0.2, -0.15) is 0 Å². The molecular formula is C12H20N2O5S. The van der Waals surface area contributed by atoms with Crippen molar-refractivity contribution in [3.05, 3.63) is 0 Å². The van der Waals surface area contributed by atoms with Crippen molar-refractivity contribution >= 4 is 21.9 Å². The summed E-state index contributed by atoms with van der Waals surface area (Å²) in [6.07, 6.45) is 3.70. The lowest BCUT2D eigenvalue weighted by Crippen LogP contribution is -2.53. The lowest BCUT2D eigenvalue weighted by Gasteiger charge is -2.36. The van der Waals surface area contributed by atoms with Crippen LogP contribution in [-0.2, 0) is 19.6 Å². The minimum atomic E-state index is -3.24. The Morgan fingerprint density at radius 2 is 1.85 bits per heavy atom. The maximum absolute atomic E-state index is 12.0. The summed E-state index contributed by atoms with van der Waals surface area (Å²) in [5, 5.41) is 11.7. The number of carbonyl (C=O) groups is 2. The number of hydrogen-bond acceptors (Lipinski definition) is 4. The van der Waals surface area contributed by atoms with Gasteiger partial charge in [0, 0.05) is 19.1 Å². The first-order valence-electron chi connectivity index (χ1n) is 6.77. The number of nitrogens with one attached hydrogen (secondary N) is 1. The molecule has 1 saturated carbocycles. The summed E-state index contributed by atoms with van der Waals surface area (Å²) in [6, 6.07) is -0.221. The van der Waals surface area contributed by atoms with Crippen LogP contribution >= 0.6 is 0 Å². The molecule has 114 valence electrons. The summed E-state index contributed by atoms with van der Waals surface area (Å²) in [5.41, 5.74) is 0. The first kappa shape index (κ1) is 15.2. The van der Waals surface area contributed by atoms with Gasteiger partial charge in [-0.3, -0.25) is 9.59 Å². The van der Waals surface area contributed by atoms with E-state index in [2.05, 4.69) is 5.32 Å². The molecular weight excluding hydrogens is 284 g/mol. The minimum absolute atomic E-state index is 0.221. The molecule has 0 radical (unpaired) electrons. The van der Waals surface area contributed by atoms with Crippen molar-refractivity contribution in [3.63, 3.8) is 0 Å². The van der Waals surface area contributed by atoms with Crippen molar-refractivity contribution in [3.8, 4) is 0 Å². The number of carboxylic acid groups (broad SMARTS) is 1. The molecule has 7 nitrogen and oxygen atoms in total. The quantitative estimate of drug-likeness (QED) is 0.738. The van der Waals surface area contributed by atoms with Crippen LogP contribution in [0.4, 0.5) is 0 Å². The molecule has 0 aromatic carbocycles. The molecule has 1 saturated heterocycles. The van der Waals surface area contributed by atoms with Crippen molar-refractivity contribution in [2.75, 3.05) is 19.3 Å². The molecule has 0 bridgehead atoms. The van der Waals surface area contributed by atoms with E-state index in [9.17, 15) is 18.0 Å². The van der Waals surface area contributed by atoms with E-state index in [0.717, 1.165) is 12.7 Å². The fraction of sp³-hybridized carbons (Fsp3) is 0.833. The van der Waals surface area contributed by atoms with Crippen molar-refractivity contribution in [1.29, 1.82) is 0 Å². The third-order valence-electron chi connectivity index (χ3n) is 4.13. The molecule has 1 aliphatic heterocycles. The Morgan fingerprint density at radius 3 is 2.35 bits per heavy atom. The minimum Gasteiger partial charge on any atom is -0.481 e. The van der Waals surface area contributed by atoms with E-state index >= 15 is 0 Å². The fourth-order valence-electron chi connectivity index (χ4n) is 2.78. The third kappa shape index (κ3) is 3.29. The highest BCUT2D eigenvalue weighted by Crippen LogP contribution is 2.34. The molecule has 8 heteroatoms. The second-order valence-corrected chi connectivity index (χ2v) is 7.58. The van der Waals surface area contributed by atoms with E-state index in [1.807, 2.05) is 0 Å². The van der Waals surface area contributed by atoms with Crippen molar-refractivity contribution in [2.24, 2.45) is 11.8 Å². The maximum atomic E-state index is 12.0. The molecule has 3 unspecified atom stereocenters. The maximum Gasteiger partial charge on any atom is 0.307 e. The number of carbonyl (C=O) groups excluding carboxylic acids is 1. The normalized spacial score (nSPS) is 31.4. The first-order valence-corrected chi connectivity index (χ1v) is 8.62. The molecule has 0 aromatic rings. The monoisotopic (exact) mass is 304 g/mol. The highest BCUT2D eigenvalue weighted by atomic mass is 32.2. The number of aliphatic carboxylic acids is 1. The number of carboxylic acids is 1. The van der Waals surface area contributed by atoms with Crippen molar-refractivity contribution in [2.45, 2.75) is 31.7 Å². The second-order valence-electron chi connectivity index (χ2n) is 5.60. The Labute approximate surface area is 118 Å². The number of nitrogens with zero attached hydrogens (tertiary/aromatic N) is 1. The zero-order valence-corrected chi connectivity index (χ0v) is 12.2. The first-order chi connectivity index (χ1) is 9.29. The average molecular weight is 304 g/mol. The number of sulfonamides is 1. The van der Waals surface area contributed by atoms with E-state index in [4.69, 9.17) is 5.11 Å². The van der Waals surface area contributed by atoms with Crippen LogP contribution in [0.5, 0.6) is 0 Å². The Morgan fingerprint density at radius 1 is 1.20 bits per heavy atom. The molecule has 2 rings (SSSR count). The molecule has 1 amide bonds. The number of amides is 1. The van der Waals surface area contributed by atoms with Gasteiger partial charge >= 0.3 is 5.97 Å². The highest BCUT2D eigenvalue weighted by molar-refractivity contribution is 7.88. The fourth-order valence-corrected chi connectivity index (χ4v) is 3.69. The van der Waals surface area contributed by atoms with Gasteiger partial charge in [0.1, 0.15) is 0 Å². The topological polar surface area (TPSA) is 104 Å².